The topological polar surface area (TPSA) is 89.3 Å². The van der Waals surface area contributed by atoms with Crippen molar-refractivity contribution >= 4 is 15.9 Å². The van der Waals surface area contributed by atoms with Gasteiger partial charge in [-0.15, -0.1) is 0 Å². The number of carbonyl (C=O) groups excluding carboxylic acids is 1. The molecular formula is C20H24N2O3S. The fourth-order valence-electron chi connectivity index (χ4n) is 3.75. The molecule has 1 atom stereocenters. The lowest BCUT2D eigenvalue weighted by Crippen LogP contribution is -2.43. The van der Waals surface area contributed by atoms with Crippen molar-refractivity contribution in [2.75, 3.05) is 0 Å². The number of benzene rings is 2. The minimum atomic E-state index is -3.71. The third-order valence-electron chi connectivity index (χ3n) is 5.27. The van der Waals surface area contributed by atoms with Crippen molar-refractivity contribution in [1.82, 2.24) is 5.32 Å². The van der Waals surface area contributed by atoms with Crippen LogP contribution in [0, 0.1) is 0 Å². The molecule has 0 aromatic heterocycles. The van der Waals surface area contributed by atoms with Gasteiger partial charge in [0.2, 0.25) is 15.9 Å². The first-order valence-electron chi connectivity index (χ1n) is 8.82. The normalized spacial score (nSPS) is 17.6. The molecule has 1 amide bonds. The summed E-state index contributed by atoms with van der Waals surface area (Å²) < 4.78 is 22.7. The molecule has 0 saturated heterocycles. The van der Waals surface area contributed by atoms with Gasteiger partial charge in [0.05, 0.1) is 16.4 Å². The molecule has 0 radical (unpaired) electrons. The van der Waals surface area contributed by atoms with Gasteiger partial charge >= 0.3 is 0 Å². The minimum Gasteiger partial charge on any atom is -0.349 e. The van der Waals surface area contributed by atoms with E-state index in [1.165, 1.54) is 12.1 Å². The van der Waals surface area contributed by atoms with Crippen LogP contribution in [0.1, 0.15) is 49.8 Å². The van der Waals surface area contributed by atoms with Crippen molar-refractivity contribution in [2.45, 2.75) is 49.0 Å². The van der Waals surface area contributed by atoms with Crippen molar-refractivity contribution in [2.24, 2.45) is 5.14 Å². The molecule has 1 saturated carbocycles. The Labute approximate surface area is 154 Å². The maximum Gasteiger partial charge on any atom is 0.238 e. The molecule has 2 aromatic carbocycles. The Balaban J connectivity index is 1.80. The first kappa shape index (κ1) is 18.6. The number of hydrogen-bond donors (Lipinski definition) is 2. The summed E-state index contributed by atoms with van der Waals surface area (Å²) in [7, 11) is -3.71. The second kappa shape index (κ2) is 7.21. The van der Waals surface area contributed by atoms with E-state index in [0.29, 0.717) is 0 Å². The fourth-order valence-corrected chi connectivity index (χ4v) is 4.26. The second-order valence-electron chi connectivity index (χ2n) is 6.96. The third kappa shape index (κ3) is 3.66. The molecule has 3 rings (SSSR count). The van der Waals surface area contributed by atoms with Crippen molar-refractivity contribution in [3.8, 4) is 0 Å². The zero-order valence-corrected chi connectivity index (χ0v) is 15.6. The predicted molar refractivity (Wildman–Crippen MR) is 101 cm³/mol. The summed E-state index contributed by atoms with van der Waals surface area (Å²) in [6.45, 7) is 1.90. The van der Waals surface area contributed by atoms with Crippen molar-refractivity contribution in [3.05, 3.63) is 65.7 Å². The second-order valence-corrected chi connectivity index (χ2v) is 8.53. The summed E-state index contributed by atoms with van der Waals surface area (Å²) in [4.78, 5) is 13.2. The molecule has 2 aromatic rings. The number of amides is 1. The van der Waals surface area contributed by atoms with E-state index in [1.54, 1.807) is 12.1 Å². The summed E-state index contributed by atoms with van der Waals surface area (Å²) in [5.41, 5.74) is 1.43. The maximum absolute atomic E-state index is 13.2. The molecule has 138 valence electrons. The number of carbonyl (C=O) groups is 1. The quantitative estimate of drug-likeness (QED) is 0.845. The van der Waals surface area contributed by atoms with Crippen LogP contribution < -0.4 is 10.5 Å². The van der Waals surface area contributed by atoms with Gasteiger partial charge in [-0.3, -0.25) is 4.79 Å². The fraction of sp³-hybridized carbons (Fsp3) is 0.350. The van der Waals surface area contributed by atoms with Crippen molar-refractivity contribution in [1.29, 1.82) is 0 Å². The number of hydrogen-bond acceptors (Lipinski definition) is 3. The summed E-state index contributed by atoms with van der Waals surface area (Å²) in [6, 6.07) is 16.0. The average molecular weight is 372 g/mol. The van der Waals surface area contributed by atoms with Gasteiger partial charge in [-0.2, -0.15) is 0 Å². The summed E-state index contributed by atoms with van der Waals surface area (Å²) in [5.74, 6) is 0.0317. The SMILES string of the molecule is C[C@@H](NC(=O)C1(c2ccccc2)CCCC1)c1ccc(S(N)(=O)=O)cc1. The van der Waals surface area contributed by atoms with E-state index >= 15 is 0 Å². The number of primary sulfonamides is 1. The third-order valence-corrected chi connectivity index (χ3v) is 6.20. The summed E-state index contributed by atoms with van der Waals surface area (Å²) in [6.07, 6.45) is 3.78. The highest BCUT2D eigenvalue weighted by Crippen LogP contribution is 2.41. The van der Waals surface area contributed by atoms with Crippen LogP contribution >= 0.6 is 0 Å². The molecule has 1 aliphatic rings. The van der Waals surface area contributed by atoms with E-state index in [9.17, 15) is 13.2 Å². The van der Waals surface area contributed by atoms with Gasteiger partial charge in [0, 0.05) is 0 Å². The minimum absolute atomic E-state index is 0.0317. The van der Waals surface area contributed by atoms with Gasteiger partial charge < -0.3 is 5.32 Å². The maximum atomic E-state index is 13.2. The van der Waals surface area contributed by atoms with E-state index in [2.05, 4.69) is 5.32 Å². The van der Waals surface area contributed by atoms with Crippen LogP contribution in [-0.4, -0.2) is 14.3 Å². The van der Waals surface area contributed by atoms with Gasteiger partial charge in [0.25, 0.3) is 0 Å². The number of nitrogens with two attached hydrogens (primary N) is 1. The monoisotopic (exact) mass is 372 g/mol. The van der Waals surface area contributed by atoms with Crippen LogP contribution in [0.25, 0.3) is 0 Å². The molecule has 0 bridgehead atoms. The average Bonchev–Trinajstić information content (AvgIpc) is 3.13. The molecule has 1 aliphatic carbocycles. The molecule has 26 heavy (non-hydrogen) atoms. The Morgan fingerprint density at radius 1 is 1.04 bits per heavy atom. The first-order valence-corrected chi connectivity index (χ1v) is 10.4. The highest BCUT2D eigenvalue weighted by Gasteiger charge is 2.42. The van der Waals surface area contributed by atoms with Gasteiger partial charge in [-0.05, 0) is 43.0 Å². The smallest absolute Gasteiger partial charge is 0.238 e. The molecule has 1 fully saturated rings. The van der Waals surface area contributed by atoms with Gasteiger partial charge in [0.1, 0.15) is 0 Å². The molecule has 0 aliphatic heterocycles. The summed E-state index contributed by atoms with van der Waals surface area (Å²) in [5, 5.41) is 8.25. The lowest BCUT2D eigenvalue weighted by atomic mass is 9.77. The van der Waals surface area contributed by atoms with E-state index in [4.69, 9.17) is 5.14 Å². The molecule has 5 nitrogen and oxygen atoms in total. The van der Waals surface area contributed by atoms with Crippen molar-refractivity contribution < 1.29 is 13.2 Å². The van der Waals surface area contributed by atoms with E-state index in [-0.39, 0.29) is 16.8 Å². The Hall–Kier alpha value is -2.18. The summed E-state index contributed by atoms with van der Waals surface area (Å²) >= 11 is 0. The lowest BCUT2D eigenvalue weighted by molar-refractivity contribution is -0.127. The Bertz CT molecular complexity index is 871. The number of nitrogens with one attached hydrogen (secondary N) is 1. The highest BCUT2D eigenvalue weighted by atomic mass is 32.2. The Morgan fingerprint density at radius 2 is 1.62 bits per heavy atom. The van der Waals surface area contributed by atoms with Crippen LogP contribution in [0.15, 0.2) is 59.5 Å². The van der Waals surface area contributed by atoms with Gasteiger partial charge in [0.15, 0.2) is 0 Å². The van der Waals surface area contributed by atoms with Crippen LogP contribution in [0.4, 0.5) is 0 Å². The number of rotatable bonds is 5. The van der Waals surface area contributed by atoms with E-state index in [1.807, 2.05) is 37.3 Å². The standard InChI is InChI=1S/C20H24N2O3S/c1-15(16-9-11-18(12-10-16)26(21,24)25)22-19(23)20(13-5-6-14-20)17-7-3-2-4-8-17/h2-4,7-12,15H,5-6,13-14H2,1H3,(H,22,23)(H2,21,24,25)/t15-/m1/s1. The van der Waals surface area contributed by atoms with Crippen LogP contribution in [0.2, 0.25) is 0 Å². The largest absolute Gasteiger partial charge is 0.349 e. The Kier molecular flexibility index (Phi) is 5.16. The van der Waals surface area contributed by atoms with Crippen LogP contribution in [0.3, 0.4) is 0 Å². The molecule has 0 heterocycles. The Morgan fingerprint density at radius 3 is 2.15 bits per heavy atom. The number of sulfonamides is 1. The molecular weight excluding hydrogens is 348 g/mol. The van der Waals surface area contributed by atoms with Gasteiger partial charge in [-0.1, -0.05) is 55.3 Å². The molecule has 0 spiro atoms. The lowest BCUT2D eigenvalue weighted by Gasteiger charge is -2.30. The predicted octanol–water partition coefficient (Wildman–Crippen LogP) is 3.02. The van der Waals surface area contributed by atoms with Crippen LogP contribution in [-0.2, 0) is 20.2 Å². The van der Waals surface area contributed by atoms with Crippen molar-refractivity contribution in [3.63, 3.8) is 0 Å². The van der Waals surface area contributed by atoms with E-state index in [0.717, 1.165) is 36.8 Å². The van der Waals surface area contributed by atoms with Gasteiger partial charge in [-0.25, -0.2) is 13.6 Å². The van der Waals surface area contributed by atoms with E-state index < -0.39 is 15.4 Å². The molecule has 6 heteroatoms. The van der Waals surface area contributed by atoms with Crippen LogP contribution in [0.5, 0.6) is 0 Å². The zero-order valence-electron chi connectivity index (χ0n) is 14.8. The first-order chi connectivity index (χ1) is 12.3. The molecule has 0 unspecified atom stereocenters. The molecule has 3 N–H and O–H groups in total. The highest BCUT2D eigenvalue weighted by molar-refractivity contribution is 7.89. The zero-order chi connectivity index (χ0) is 18.8.